The molecule has 0 saturated heterocycles. The molecule has 0 fully saturated rings. The van der Waals surface area contributed by atoms with Crippen LogP contribution < -0.4 is 14.6 Å². The maximum absolute atomic E-state index is 11.3. The molecule has 0 unspecified atom stereocenters. The third-order valence-corrected chi connectivity index (χ3v) is 3.08. The van der Waals surface area contributed by atoms with E-state index in [1.807, 2.05) is 13.8 Å². The van der Waals surface area contributed by atoms with Crippen LogP contribution in [0.1, 0.15) is 26.7 Å². The minimum Gasteiger partial charge on any atom is -0.490 e. The third-order valence-electron chi connectivity index (χ3n) is 2.17. The van der Waals surface area contributed by atoms with Crippen molar-refractivity contribution in [1.29, 1.82) is 0 Å². The molecule has 0 heterocycles. The first-order valence-corrected chi connectivity index (χ1v) is 7.46. The number of ether oxygens (including phenoxy) is 2. The molecule has 0 aliphatic rings. The quantitative estimate of drug-likeness (QED) is 0.823. The second-order valence-electron chi connectivity index (χ2n) is 3.85. The molecule has 102 valence electrons. The fourth-order valence-corrected chi connectivity index (χ4v) is 1.85. The first-order valence-electron chi connectivity index (χ1n) is 5.91. The van der Waals surface area contributed by atoms with E-state index in [4.69, 9.17) is 14.6 Å². The van der Waals surface area contributed by atoms with Gasteiger partial charge in [0.25, 0.3) is 0 Å². The lowest BCUT2D eigenvalue weighted by atomic mass is 10.3. The Morgan fingerprint density at radius 1 is 1.06 bits per heavy atom. The summed E-state index contributed by atoms with van der Waals surface area (Å²) in [6.45, 7) is 5.01. The average molecular weight is 273 g/mol. The summed E-state index contributed by atoms with van der Waals surface area (Å²) in [7, 11) is -3.72. The van der Waals surface area contributed by atoms with Gasteiger partial charge in [-0.1, -0.05) is 13.8 Å². The smallest absolute Gasteiger partial charge is 0.238 e. The van der Waals surface area contributed by atoms with Gasteiger partial charge in [0.05, 0.1) is 18.1 Å². The molecule has 0 bridgehead atoms. The van der Waals surface area contributed by atoms with E-state index in [9.17, 15) is 8.42 Å². The number of sulfonamides is 1. The van der Waals surface area contributed by atoms with Crippen molar-refractivity contribution in [3.05, 3.63) is 18.2 Å². The van der Waals surface area contributed by atoms with Crippen LogP contribution in [0.4, 0.5) is 0 Å². The number of hydrogen-bond donors (Lipinski definition) is 1. The lowest BCUT2D eigenvalue weighted by molar-refractivity contribution is 0.267. The van der Waals surface area contributed by atoms with Gasteiger partial charge in [0.2, 0.25) is 10.0 Å². The minimum absolute atomic E-state index is 0.0254. The number of primary sulfonamides is 1. The molecule has 1 rings (SSSR count). The van der Waals surface area contributed by atoms with Gasteiger partial charge >= 0.3 is 0 Å². The number of benzene rings is 1. The standard InChI is InChI=1S/C12H19NO4S/c1-3-7-16-11-6-5-10(18(13,14)15)9-12(11)17-8-4-2/h5-6,9H,3-4,7-8H2,1-2H3,(H2,13,14,15). The van der Waals surface area contributed by atoms with Crippen molar-refractivity contribution in [2.75, 3.05) is 13.2 Å². The van der Waals surface area contributed by atoms with Crippen LogP contribution in [0.5, 0.6) is 11.5 Å². The SMILES string of the molecule is CCCOc1ccc(S(N)(=O)=O)cc1OCCC. The zero-order valence-corrected chi connectivity index (χ0v) is 11.5. The van der Waals surface area contributed by atoms with Gasteiger partial charge in [-0.05, 0) is 25.0 Å². The van der Waals surface area contributed by atoms with Gasteiger partial charge in [-0.15, -0.1) is 0 Å². The van der Waals surface area contributed by atoms with Crippen molar-refractivity contribution in [3.8, 4) is 11.5 Å². The van der Waals surface area contributed by atoms with Crippen molar-refractivity contribution in [2.45, 2.75) is 31.6 Å². The fraction of sp³-hybridized carbons (Fsp3) is 0.500. The van der Waals surface area contributed by atoms with E-state index in [0.717, 1.165) is 12.8 Å². The molecule has 0 atom stereocenters. The molecule has 5 nitrogen and oxygen atoms in total. The van der Waals surface area contributed by atoms with Crippen LogP contribution in [0.3, 0.4) is 0 Å². The molecule has 1 aromatic rings. The number of rotatable bonds is 7. The van der Waals surface area contributed by atoms with Gasteiger partial charge in [-0.25, -0.2) is 13.6 Å². The van der Waals surface area contributed by atoms with E-state index in [2.05, 4.69) is 0 Å². The summed E-state index contributed by atoms with van der Waals surface area (Å²) >= 11 is 0. The molecule has 0 aliphatic heterocycles. The Morgan fingerprint density at radius 3 is 2.11 bits per heavy atom. The highest BCUT2D eigenvalue weighted by Gasteiger charge is 2.13. The molecular formula is C12H19NO4S. The lowest BCUT2D eigenvalue weighted by Gasteiger charge is -2.12. The van der Waals surface area contributed by atoms with Gasteiger partial charge < -0.3 is 9.47 Å². The molecule has 0 aromatic heterocycles. The van der Waals surface area contributed by atoms with Crippen LogP contribution in [0, 0.1) is 0 Å². The Bertz CT molecular complexity index is 485. The first kappa shape index (κ1) is 14.8. The fourth-order valence-electron chi connectivity index (χ4n) is 1.32. The lowest BCUT2D eigenvalue weighted by Crippen LogP contribution is -2.12. The normalized spacial score (nSPS) is 11.3. The summed E-state index contributed by atoms with van der Waals surface area (Å²) in [4.78, 5) is 0.0254. The number of hydrogen-bond acceptors (Lipinski definition) is 4. The van der Waals surface area contributed by atoms with E-state index in [-0.39, 0.29) is 4.90 Å². The van der Waals surface area contributed by atoms with Gasteiger partial charge in [0.15, 0.2) is 11.5 Å². The molecule has 2 N–H and O–H groups in total. The zero-order valence-electron chi connectivity index (χ0n) is 10.7. The van der Waals surface area contributed by atoms with E-state index < -0.39 is 10.0 Å². The van der Waals surface area contributed by atoms with Crippen molar-refractivity contribution < 1.29 is 17.9 Å². The molecule has 0 spiro atoms. The molecule has 0 amide bonds. The highest BCUT2D eigenvalue weighted by Crippen LogP contribution is 2.30. The molecule has 0 aliphatic carbocycles. The molecule has 18 heavy (non-hydrogen) atoms. The maximum Gasteiger partial charge on any atom is 0.238 e. The van der Waals surface area contributed by atoms with E-state index in [0.29, 0.717) is 24.7 Å². The van der Waals surface area contributed by atoms with Crippen molar-refractivity contribution in [1.82, 2.24) is 0 Å². The first-order chi connectivity index (χ1) is 8.49. The zero-order chi connectivity index (χ0) is 13.6. The van der Waals surface area contributed by atoms with Gasteiger partial charge in [-0.3, -0.25) is 0 Å². The monoisotopic (exact) mass is 273 g/mol. The largest absolute Gasteiger partial charge is 0.490 e. The average Bonchev–Trinajstić information content (AvgIpc) is 2.33. The highest BCUT2D eigenvalue weighted by atomic mass is 32.2. The summed E-state index contributed by atoms with van der Waals surface area (Å²) in [5.74, 6) is 0.953. The predicted octanol–water partition coefficient (Wildman–Crippen LogP) is 1.91. The van der Waals surface area contributed by atoms with Gasteiger partial charge in [0.1, 0.15) is 0 Å². The summed E-state index contributed by atoms with van der Waals surface area (Å²) in [6.07, 6.45) is 1.69. The minimum atomic E-state index is -3.72. The second-order valence-corrected chi connectivity index (χ2v) is 5.41. The van der Waals surface area contributed by atoms with Crippen molar-refractivity contribution in [3.63, 3.8) is 0 Å². The Balaban J connectivity index is 3.03. The van der Waals surface area contributed by atoms with Crippen LogP contribution in [0.2, 0.25) is 0 Å². The maximum atomic E-state index is 11.3. The van der Waals surface area contributed by atoms with Crippen LogP contribution in [0.15, 0.2) is 23.1 Å². The molecule has 6 heteroatoms. The molecule has 0 saturated carbocycles. The Labute approximate surface area is 108 Å². The van der Waals surface area contributed by atoms with Crippen LogP contribution in [0.25, 0.3) is 0 Å². The van der Waals surface area contributed by atoms with Gasteiger partial charge in [-0.2, -0.15) is 0 Å². The van der Waals surface area contributed by atoms with Crippen LogP contribution >= 0.6 is 0 Å². The van der Waals surface area contributed by atoms with E-state index in [1.54, 1.807) is 6.07 Å². The Morgan fingerprint density at radius 2 is 1.61 bits per heavy atom. The van der Waals surface area contributed by atoms with Crippen molar-refractivity contribution >= 4 is 10.0 Å². The van der Waals surface area contributed by atoms with Crippen LogP contribution in [-0.4, -0.2) is 21.6 Å². The molecule has 1 aromatic carbocycles. The highest BCUT2D eigenvalue weighted by molar-refractivity contribution is 7.89. The summed E-state index contributed by atoms with van der Waals surface area (Å²) in [6, 6.07) is 4.38. The van der Waals surface area contributed by atoms with Gasteiger partial charge in [0, 0.05) is 6.07 Å². The summed E-state index contributed by atoms with van der Waals surface area (Å²) in [5, 5.41) is 5.08. The third kappa shape index (κ3) is 4.19. The predicted molar refractivity (Wildman–Crippen MR) is 69.4 cm³/mol. The van der Waals surface area contributed by atoms with Crippen molar-refractivity contribution in [2.24, 2.45) is 5.14 Å². The Kier molecular flexibility index (Phi) is 5.43. The van der Waals surface area contributed by atoms with E-state index >= 15 is 0 Å². The van der Waals surface area contributed by atoms with E-state index in [1.165, 1.54) is 12.1 Å². The number of nitrogens with two attached hydrogens (primary N) is 1. The molecule has 0 radical (unpaired) electrons. The summed E-state index contributed by atoms with van der Waals surface area (Å²) < 4.78 is 33.5. The topological polar surface area (TPSA) is 78.6 Å². The molecular weight excluding hydrogens is 254 g/mol. The Hall–Kier alpha value is -1.27. The van der Waals surface area contributed by atoms with Crippen LogP contribution in [-0.2, 0) is 10.0 Å². The second kappa shape index (κ2) is 6.61. The summed E-state index contributed by atoms with van der Waals surface area (Å²) in [5.41, 5.74) is 0.